The van der Waals surface area contributed by atoms with Crippen molar-refractivity contribution in [2.45, 2.75) is 19.3 Å². The normalized spacial score (nSPS) is 9.60. The van der Waals surface area contributed by atoms with Crippen molar-refractivity contribution in [1.82, 2.24) is 0 Å². The molecule has 98 valence electrons. The first kappa shape index (κ1) is 14.2. The van der Waals surface area contributed by atoms with Gasteiger partial charge in [0.25, 0.3) is 0 Å². The van der Waals surface area contributed by atoms with Gasteiger partial charge in [-0.1, -0.05) is 60.1 Å². The van der Waals surface area contributed by atoms with Crippen molar-refractivity contribution >= 4 is 17.4 Å². The molecule has 0 nitrogen and oxygen atoms in total. The van der Waals surface area contributed by atoms with Crippen LogP contribution < -0.4 is 0 Å². The number of benzene rings is 1. The van der Waals surface area contributed by atoms with Crippen molar-refractivity contribution in [2.24, 2.45) is 0 Å². The van der Waals surface area contributed by atoms with Gasteiger partial charge in [-0.15, -0.1) is 11.3 Å². The Kier molecular flexibility index (Phi) is 6.25. The van der Waals surface area contributed by atoms with Crippen molar-refractivity contribution in [1.29, 1.82) is 0 Å². The van der Waals surface area contributed by atoms with E-state index >= 15 is 0 Å². The molecule has 0 N–H and O–H groups in total. The third kappa shape index (κ3) is 5.61. The van der Waals surface area contributed by atoms with Gasteiger partial charge in [0.1, 0.15) is 0 Å². The van der Waals surface area contributed by atoms with Crippen molar-refractivity contribution < 1.29 is 0 Å². The zero-order valence-corrected chi connectivity index (χ0v) is 12.1. The monoisotopic (exact) mass is 276 g/mol. The summed E-state index contributed by atoms with van der Waals surface area (Å²) in [6, 6.07) is 14.3. The van der Waals surface area contributed by atoms with Gasteiger partial charge >= 0.3 is 0 Å². The summed E-state index contributed by atoms with van der Waals surface area (Å²) in [5.74, 6) is 12.5. The average Bonchev–Trinajstić information content (AvgIpc) is 3.00. The third-order valence-corrected chi connectivity index (χ3v) is 3.38. The topological polar surface area (TPSA) is 0 Å². The standard InChI is InChI=1S/C19H16S/c1(3-5-10-15-19-16-11-17-20-19)2-4-7-12-18-13-8-6-9-14-18/h6-9,11-14,16-17H,1,3,5H2/b12-7+. The maximum absolute atomic E-state index is 3.18. The zero-order chi connectivity index (χ0) is 13.9. The molecule has 20 heavy (non-hydrogen) atoms. The molecule has 0 spiro atoms. The second-order valence-electron chi connectivity index (χ2n) is 4.20. The van der Waals surface area contributed by atoms with Gasteiger partial charge in [-0.3, -0.25) is 0 Å². The first-order valence-corrected chi connectivity index (χ1v) is 7.55. The van der Waals surface area contributed by atoms with Crippen LogP contribution in [0.3, 0.4) is 0 Å². The lowest BCUT2D eigenvalue weighted by Gasteiger charge is -1.87. The Balaban J connectivity index is 1.64. The number of rotatable bonds is 3. The number of hydrogen-bond donors (Lipinski definition) is 0. The number of unbranched alkanes of at least 4 members (excludes halogenated alkanes) is 2. The van der Waals surface area contributed by atoms with Crippen molar-refractivity contribution in [3.63, 3.8) is 0 Å². The summed E-state index contributed by atoms with van der Waals surface area (Å²) in [4.78, 5) is 1.14. The van der Waals surface area contributed by atoms with Gasteiger partial charge in [0.15, 0.2) is 0 Å². The van der Waals surface area contributed by atoms with E-state index < -0.39 is 0 Å². The van der Waals surface area contributed by atoms with Gasteiger partial charge in [-0.25, -0.2) is 0 Å². The maximum atomic E-state index is 3.18. The molecule has 1 heteroatoms. The molecule has 0 aliphatic rings. The molecule has 0 aliphatic heterocycles. The molecule has 0 unspecified atom stereocenters. The maximum Gasteiger partial charge on any atom is 0.0768 e. The fraction of sp³-hybridized carbons (Fsp3) is 0.158. The van der Waals surface area contributed by atoms with E-state index in [1.54, 1.807) is 11.3 Å². The van der Waals surface area contributed by atoms with Crippen LogP contribution in [-0.2, 0) is 0 Å². The molecule has 0 amide bonds. The largest absolute Gasteiger partial charge is 0.135 e. The summed E-state index contributed by atoms with van der Waals surface area (Å²) in [6.07, 6.45) is 6.79. The summed E-state index contributed by atoms with van der Waals surface area (Å²) < 4.78 is 0. The van der Waals surface area contributed by atoms with Crippen LogP contribution in [0.1, 0.15) is 29.7 Å². The fourth-order valence-electron chi connectivity index (χ4n) is 1.60. The predicted molar refractivity (Wildman–Crippen MR) is 88.3 cm³/mol. The average molecular weight is 276 g/mol. The summed E-state index contributed by atoms with van der Waals surface area (Å²) in [6.45, 7) is 0. The van der Waals surface area contributed by atoms with Crippen LogP contribution in [0.2, 0.25) is 0 Å². The summed E-state index contributed by atoms with van der Waals surface area (Å²) in [5, 5.41) is 2.05. The quantitative estimate of drug-likeness (QED) is 0.547. The smallest absolute Gasteiger partial charge is 0.0768 e. The molecule has 2 aromatic rings. The summed E-state index contributed by atoms with van der Waals surface area (Å²) in [5.41, 5.74) is 1.18. The van der Waals surface area contributed by atoms with Crippen LogP contribution in [0.15, 0.2) is 53.9 Å². The highest BCUT2D eigenvalue weighted by molar-refractivity contribution is 7.10. The summed E-state index contributed by atoms with van der Waals surface area (Å²) in [7, 11) is 0. The van der Waals surface area contributed by atoms with Gasteiger partial charge in [0.2, 0.25) is 0 Å². The third-order valence-electron chi connectivity index (χ3n) is 2.60. The van der Waals surface area contributed by atoms with E-state index in [0.29, 0.717) is 0 Å². The van der Waals surface area contributed by atoms with Crippen LogP contribution in [0.25, 0.3) is 6.08 Å². The Bertz CT molecular complexity index is 641. The minimum atomic E-state index is 0.901. The van der Waals surface area contributed by atoms with Crippen molar-refractivity contribution in [2.75, 3.05) is 0 Å². The Morgan fingerprint density at radius 1 is 0.950 bits per heavy atom. The molecule has 1 aromatic carbocycles. The lowest BCUT2D eigenvalue weighted by Crippen LogP contribution is -1.70. The molecule has 0 saturated carbocycles. The van der Waals surface area contributed by atoms with Crippen molar-refractivity contribution in [3.8, 4) is 23.7 Å². The van der Waals surface area contributed by atoms with E-state index in [4.69, 9.17) is 0 Å². The Morgan fingerprint density at radius 2 is 1.80 bits per heavy atom. The molecule has 0 aliphatic carbocycles. The lowest BCUT2D eigenvalue weighted by atomic mass is 10.2. The predicted octanol–water partition coefficient (Wildman–Crippen LogP) is 4.99. The molecule has 0 saturated heterocycles. The number of thiophene rings is 1. The molecular weight excluding hydrogens is 260 g/mol. The van der Waals surface area contributed by atoms with Gasteiger partial charge < -0.3 is 0 Å². The van der Waals surface area contributed by atoms with Gasteiger partial charge in [-0.05, 0) is 35.6 Å². The van der Waals surface area contributed by atoms with E-state index in [2.05, 4.69) is 41.2 Å². The highest BCUT2D eigenvalue weighted by Crippen LogP contribution is 2.06. The van der Waals surface area contributed by atoms with E-state index in [1.807, 2.05) is 42.5 Å². The van der Waals surface area contributed by atoms with E-state index in [9.17, 15) is 0 Å². The SMILES string of the molecule is C(#CCCCC#Cc1cccs1)/C=C/c1ccccc1. The molecule has 0 fully saturated rings. The summed E-state index contributed by atoms with van der Waals surface area (Å²) >= 11 is 1.69. The Hall–Kier alpha value is -2.22. The van der Waals surface area contributed by atoms with Crippen LogP contribution in [0.4, 0.5) is 0 Å². The first-order chi connectivity index (χ1) is 9.95. The fourth-order valence-corrected chi connectivity index (χ4v) is 2.19. The first-order valence-electron chi connectivity index (χ1n) is 6.67. The highest BCUT2D eigenvalue weighted by Gasteiger charge is 1.84. The van der Waals surface area contributed by atoms with Crippen molar-refractivity contribution in [3.05, 3.63) is 64.4 Å². The van der Waals surface area contributed by atoms with Gasteiger partial charge in [0.05, 0.1) is 4.88 Å². The molecule has 1 heterocycles. The minimum absolute atomic E-state index is 0.901. The molecule has 0 radical (unpaired) electrons. The van der Waals surface area contributed by atoms with Crippen LogP contribution in [0.5, 0.6) is 0 Å². The van der Waals surface area contributed by atoms with Gasteiger partial charge in [-0.2, -0.15) is 0 Å². The Labute approximate surface area is 125 Å². The second kappa shape index (κ2) is 8.81. The van der Waals surface area contributed by atoms with E-state index in [-0.39, 0.29) is 0 Å². The molecule has 0 atom stereocenters. The second-order valence-corrected chi connectivity index (χ2v) is 5.15. The minimum Gasteiger partial charge on any atom is -0.135 e. The lowest BCUT2D eigenvalue weighted by molar-refractivity contribution is 0.904. The van der Waals surface area contributed by atoms with E-state index in [1.165, 1.54) is 5.56 Å². The molecule has 2 rings (SSSR count). The van der Waals surface area contributed by atoms with Crippen LogP contribution in [0, 0.1) is 23.7 Å². The number of hydrogen-bond acceptors (Lipinski definition) is 1. The van der Waals surface area contributed by atoms with Crippen LogP contribution in [-0.4, -0.2) is 0 Å². The molecular formula is C19H16S. The molecule has 1 aromatic heterocycles. The number of allylic oxidation sites excluding steroid dienone is 1. The zero-order valence-electron chi connectivity index (χ0n) is 11.3. The molecule has 0 bridgehead atoms. The van der Waals surface area contributed by atoms with Crippen LogP contribution >= 0.6 is 11.3 Å². The van der Waals surface area contributed by atoms with E-state index in [0.717, 1.165) is 24.1 Å². The highest BCUT2D eigenvalue weighted by atomic mass is 32.1. The van der Waals surface area contributed by atoms with Gasteiger partial charge in [0, 0.05) is 12.8 Å². The Morgan fingerprint density at radius 3 is 2.60 bits per heavy atom.